The summed E-state index contributed by atoms with van der Waals surface area (Å²) in [6.45, 7) is 1.19. The number of para-hydroxylation sites is 2. The Morgan fingerprint density at radius 1 is 0.857 bits per heavy atom. The highest BCUT2D eigenvalue weighted by Crippen LogP contribution is 2.25. The summed E-state index contributed by atoms with van der Waals surface area (Å²) in [6, 6.07) is 21.9. The molecule has 0 fully saturated rings. The molecule has 0 aliphatic heterocycles. The van der Waals surface area contributed by atoms with E-state index in [0.717, 1.165) is 22.8 Å². The van der Waals surface area contributed by atoms with E-state index >= 15 is 0 Å². The maximum absolute atomic E-state index is 5.90. The summed E-state index contributed by atoms with van der Waals surface area (Å²) in [6.07, 6.45) is 1.68. The highest BCUT2D eigenvalue weighted by atomic mass is 16.5. The zero-order valence-corrected chi connectivity index (χ0v) is 11.7. The van der Waals surface area contributed by atoms with Gasteiger partial charge in [-0.05, 0) is 29.8 Å². The number of anilines is 1. The average Bonchev–Trinajstić information content (AvgIpc) is 3.06. The van der Waals surface area contributed by atoms with Crippen molar-refractivity contribution in [1.82, 2.24) is 0 Å². The fourth-order valence-electron chi connectivity index (χ4n) is 2.07. The molecule has 0 atom stereocenters. The summed E-state index contributed by atoms with van der Waals surface area (Å²) in [7, 11) is 0. The van der Waals surface area contributed by atoms with E-state index < -0.39 is 0 Å². The Kier molecular flexibility index (Phi) is 4.22. The summed E-state index contributed by atoms with van der Waals surface area (Å²) in [5.41, 5.74) is 2.11. The van der Waals surface area contributed by atoms with Crippen molar-refractivity contribution in [1.29, 1.82) is 0 Å². The van der Waals surface area contributed by atoms with Crippen molar-refractivity contribution >= 4 is 5.69 Å². The zero-order chi connectivity index (χ0) is 14.3. The summed E-state index contributed by atoms with van der Waals surface area (Å²) >= 11 is 0. The van der Waals surface area contributed by atoms with Gasteiger partial charge >= 0.3 is 0 Å². The van der Waals surface area contributed by atoms with E-state index in [9.17, 15) is 0 Å². The number of rotatable bonds is 6. The van der Waals surface area contributed by atoms with Crippen LogP contribution in [0.1, 0.15) is 11.3 Å². The van der Waals surface area contributed by atoms with Gasteiger partial charge in [-0.25, -0.2) is 0 Å². The minimum absolute atomic E-state index is 0.556. The molecule has 3 nitrogen and oxygen atoms in total. The normalized spacial score (nSPS) is 10.3. The number of hydrogen-bond acceptors (Lipinski definition) is 3. The number of ether oxygens (including phenoxy) is 1. The van der Waals surface area contributed by atoms with Crippen LogP contribution in [0.2, 0.25) is 0 Å². The molecule has 0 spiro atoms. The Bertz CT molecular complexity index is 663. The van der Waals surface area contributed by atoms with Crippen LogP contribution >= 0.6 is 0 Å². The Labute approximate surface area is 124 Å². The third-order valence-electron chi connectivity index (χ3n) is 3.16. The van der Waals surface area contributed by atoms with Gasteiger partial charge in [0, 0.05) is 0 Å². The van der Waals surface area contributed by atoms with Crippen molar-refractivity contribution in [3.63, 3.8) is 0 Å². The second kappa shape index (κ2) is 6.66. The van der Waals surface area contributed by atoms with Gasteiger partial charge in [-0.15, -0.1) is 0 Å². The highest BCUT2D eigenvalue weighted by molar-refractivity contribution is 5.56. The van der Waals surface area contributed by atoms with Gasteiger partial charge in [0.2, 0.25) is 0 Å². The second-order valence-electron chi connectivity index (χ2n) is 4.70. The molecule has 1 aromatic heterocycles. The first kappa shape index (κ1) is 13.3. The number of benzene rings is 2. The SMILES string of the molecule is c1ccc(COc2ccccc2NCc2ccco2)cc1. The van der Waals surface area contributed by atoms with Gasteiger partial charge in [-0.3, -0.25) is 0 Å². The molecule has 1 N–H and O–H groups in total. The molecule has 0 aliphatic carbocycles. The third kappa shape index (κ3) is 3.66. The van der Waals surface area contributed by atoms with Crippen LogP contribution in [0.25, 0.3) is 0 Å². The van der Waals surface area contributed by atoms with E-state index in [1.165, 1.54) is 0 Å². The number of nitrogens with one attached hydrogen (secondary N) is 1. The molecule has 3 rings (SSSR count). The summed E-state index contributed by atoms with van der Waals surface area (Å²) in [4.78, 5) is 0. The lowest BCUT2D eigenvalue weighted by atomic mass is 10.2. The standard InChI is InChI=1S/C18H17NO2/c1-2-7-15(8-3-1)14-21-18-11-5-4-10-17(18)19-13-16-9-6-12-20-16/h1-12,19H,13-14H2. The predicted molar refractivity (Wildman–Crippen MR) is 83.3 cm³/mol. The Morgan fingerprint density at radius 3 is 2.48 bits per heavy atom. The van der Waals surface area contributed by atoms with E-state index in [1.54, 1.807) is 6.26 Å². The van der Waals surface area contributed by atoms with E-state index in [0.29, 0.717) is 13.2 Å². The lowest BCUT2D eigenvalue weighted by Gasteiger charge is -2.12. The van der Waals surface area contributed by atoms with Crippen LogP contribution in [0.3, 0.4) is 0 Å². The zero-order valence-electron chi connectivity index (χ0n) is 11.7. The minimum Gasteiger partial charge on any atom is -0.487 e. The second-order valence-corrected chi connectivity index (χ2v) is 4.70. The monoisotopic (exact) mass is 279 g/mol. The van der Waals surface area contributed by atoms with Crippen molar-refractivity contribution in [3.05, 3.63) is 84.3 Å². The predicted octanol–water partition coefficient (Wildman–Crippen LogP) is 4.47. The van der Waals surface area contributed by atoms with Crippen LogP contribution in [0.5, 0.6) is 5.75 Å². The molecule has 0 aliphatic rings. The van der Waals surface area contributed by atoms with Gasteiger partial charge in [-0.1, -0.05) is 42.5 Å². The van der Waals surface area contributed by atoms with Gasteiger partial charge in [0.1, 0.15) is 18.1 Å². The van der Waals surface area contributed by atoms with E-state index in [4.69, 9.17) is 9.15 Å². The van der Waals surface area contributed by atoms with Crippen LogP contribution in [0, 0.1) is 0 Å². The fraction of sp³-hybridized carbons (Fsp3) is 0.111. The molecule has 2 aromatic carbocycles. The smallest absolute Gasteiger partial charge is 0.142 e. The minimum atomic E-state index is 0.556. The van der Waals surface area contributed by atoms with Crippen molar-refractivity contribution in [2.24, 2.45) is 0 Å². The third-order valence-corrected chi connectivity index (χ3v) is 3.16. The maximum Gasteiger partial charge on any atom is 0.142 e. The van der Waals surface area contributed by atoms with Crippen molar-refractivity contribution in [3.8, 4) is 5.75 Å². The van der Waals surface area contributed by atoms with E-state index in [2.05, 4.69) is 17.4 Å². The van der Waals surface area contributed by atoms with E-state index in [-0.39, 0.29) is 0 Å². The largest absolute Gasteiger partial charge is 0.487 e. The highest BCUT2D eigenvalue weighted by Gasteiger charge is 2.04. The van der Waals surface area contributed by atoms with Crippen LogP contribution in [-0.2, 0) is 13.2 Å². The molecule has 0 saturated heterocycles. The van der Waals surface area contributed by atoms with Gasteiger partial charge in [-0.2, -0.15) is 0 Å². The van der Waals surface area contributed by atoms with Gasteiger partial charge < -0.3 is 14.5 Å². The lowest BCUT2D eigenvalue weighted by molar-refractivity contribution is 0.307. The molecule has 0 unspecified atom stereocenters. The Hall–Kier alpha value is -2.68. The van der Waals surface area contributed by atoms with Crippen LogP contribution in [0.4, 0.5) is 5.69 Å². The van der Waals surface area contributed by atoms with Gasteiger partial charge in [0.15, 0.2) is 0 Å². The van der Waals surface area contributed by atoms with Gasteiger partial charge in [0.25, 0.3) is 0 Å². The quantitative estimate of drug-likeness (QED) is 0.723. The number of hydrogen-bond donors (Lipinski definition) is 1. The summed E-state index contributed by atoms with van der Waals surface area (Å²) < 4.78 is 11.2. The molecule has 106 valence electrons. The molecule has 1 heterocycles. The Morgan fingerprint density at radius 2 is 1.67 bits per heavy atom. The van der Waals surface area contributed by atoms with E-state index in [1.807, 2.05) is 54.6 Å². The molecule has 3 heteroatoms. The molecule has 0 amide bonds. The van der Waals surface area contributed by atoms with Crippen molar-refractivity contribution in [2.75, 3.05) is 5.32 Å². The number of furan rings is 1. The Balaban J connectivity index is 1.64. The first-order valence-electron chi connectivity index (χ1n) is 6.94. The van der Waals surface area contributed by atoms with Crippen LogP contribution < -0.4 is 10.1 Å². The molecular formula is C18H17NO2. The lowest BCUT2D eigenvalue weighted by Crippen LogP contribution is -2.02. The molecule has 21 heavy (non-hydrogen) atoms. The molecule has 3 aromatic rings. The topological polar surface area (TPSA) is 34.4 Å². The summed E-state index contributed by atoms with van der Waals surface area (Å²) in [5.74, 6) is 1.74. The first-order chi connectivity index (χ1) is 10.4. The van der Waals surface area contributed by atoms with Crippen LogP contribution in [-0.4, -0.2) is 0 Å². The van der Waals surface area contributed by atoms with Crippen LogP contribution in [0.15, 0.2) is 77.4 Å². The van der Waals surface area contributed by atoms with Crippen molar-refractivity contribution < 1.29 is 9.15 Å². The average molecular weight is 279 g/mol. The van der Waals surface area contributed by atoms with Crippen molar-refractivity contribution in [2.45, 2.75) is 13.2 Å². The molecule has 0 saturated carbocycles. The fourth-order valence-corrected chi connectivity index (χ4v) is 2.07. The molecule has 0 radical (unpaired) electrons. The first-order valence-corrected chi connectivity index (χ1v) is 6.94. The van der Waals surface area contributed by atoms with Gasteiger partial charge in [0.05, 0.1) is 18.5 Å². The summed E-state index contributed by atoms with van der Waals surface area (Å²) in [5, 5.41) is 3.33. The molecular weight excluding hydrogens is 262 g/mol. The molecule has 0 bridgehead atoms. The maximum atomic E-state index is 5.90.